The maximum absolute atomic E-state index is 14.2. The Bertz CT molecular complexity index is 1180. The van der Waals surface area contributed by atoms with Gasteiger partial charge in [0.05, 0.1) is 12.2 Å². The second-order valence-corrected chi connectivity index (χ2v) is 12.4. The minimum Gasteiger partial charge on any atom is -0.465 e. The summed E-state index contributed by atoms with van der Waals surface area (Å²) in [5.74, 6) is -2.86. The van der Waals surface area contributed by atoms with Crippen LogP contribution in [0.15, 0.2) is 27.1 Å². The number of aliphatic hydroxyl groups excluding tert-OH is 2. The van der Waals surface area contributed by atoms with Crippen LogP contribution in [0.2, 0.25) is 0 Å². The van der Waals surface area contributed by atoms with E-state index in [4.69, 9.17) is 10.8 Å². The predicted molar refractivity (Wildman–Crippen MR) is 153 cm³/mol. The van der Waals surface area contributed by atoms with E-state index >= 15 is 0 Å². The summed E-state index contributed by atoms with van der Waals surface area (Å²) in [6, 6.07) is 1.55. The van der Waals surface area contributed by atoms with Crippen molar-refractivity contribution in [3.8, 4) is 0 Å². The number of carbonyl (C=O) groups excluding carboxylic acids is 4. The lowest BCUT2D eigenvalue weighted by Gasteiger charge is -2.41. The standard InChI is InChI=1S/C26H35Br2N5O8/c1-13(34)19(21(29)36)30-24(39)26(12-15-9-16(27)11-17(28)10-15)6-4-8-33(26)22(37)18-5-3-7-32(18)23(38)20(14(2)35)31-25(40)41/h9-11,13-14,18-20,31,34-35H,3-8,12H2,1-2H3,(H2,29,36)(H,30,39)(H,40,41)/t13-,14-,18+,19+,20+,26-/m1/s1. The van der Waals surface area contributed by atoms with E-state index < -0.39 is 65.6 Å². The van der Waals surface area contributed by atoms with Gasteiger partial charge in [-0.1, -0.05) is 31.9 Å². The lowest BCUT2D eigenvalue weighted by molar-refractivity contribution is -0.153. The molecule has 0 unspecified atom stereocenters. The van der Waals surface area contributed by atoms with Gasteiger partial charge in [-0.15, -0.1) is 0 Å². The molecule has 3 rings (SSSR count). The van der Waals surface area contributed by atoms with Gasteiger partial charge in [0.2, 0.25) is 23.6 Å². The number of hydrogen-bond acceptors (Lipinski definition) is 7. The van der Waals surface area contributed by atoms with Gasteiger partial charge in [0.15, 0.2) is 0 Å². The third-order valence-corrected chi connectivity index (χ3v) is 8.44. The molecule has 2 saturated heterocycles. The van der Waals surface area contributed by atoms with Crippen molar-refractivity contribution < 1.29 is 39.3 Å². The molecule has 2 aliphatic rings. The summed E-state index contributed by atoms with van der Waals surface area (Å²) in [7, 11) is 0. The number of aliphatic hydroxyl groups is 2. The molecule has 2 fully saturated rings. The van der Waals surface area contributed by atoms with Gasteiger partial charge >= 0.3 is 6.09 Å². The molecule has 5 amide bonds. The van der Waals surface area contributed by atoms with Gasteiger partial charge in [-0.25, -0.2) is 4.79 Å². The van der Waals surface area contributed by atoms with Crippen molar-refractivity contribution >= 4 is 61.6 Å². The van der Waals surface area contributed by atoms with E-state index in [1.807, 2.05) is 11.4 Å². The van der Waals surface area contributed by atoms with Crippen molar-refractivity contribution in [1.29, 1.82) is 0 Å². The average molecular weight is 705 g/mol. The molecule has 13 nitrogen and oxygen atoms in total. The molecule has 0 aliphatic carbocycles. The zero-order valence-electron chi connectivity index (χ0n) is 22.7. The highest BCUT2D eigenvalue weighted by atomic mass is 79.9. The Kier molecular flexibility index (Phi) is 10.8. The number of nitrogens with two attached hydrogens (primary N) is 1. The van der Waals surface area contributed by atoms with Gasteiger partial charge in [0.25, 0.3) is 0 Å². The Morgan fingerprint density at radius 3 is 2.15 bits per heavy atom. The number of likely N-dealkylation sites (tertiary alicyclic amines) is 2. The van der Waals surface area contributed by atoms with Gasteiger partial charge in [0, 0.05) is 28.5 Å². The van der Waals surface area contributed by atoms with E-state index in [0.29, 0.717) is 18.4 Å². The molecule has 1 aromatic rings. The number of rotatable bonds is 10. The van der Waals surface area contributed by atoms with Crippen molar-refractivity contribution in [3.63, 3.8) is 0 Å². The Balaban J connectivity index is 2.01. The van der Waals surface area contributed by atoms with E-state index in [-0.39, 0.29) is 32.4 Å². The van der Waals surface area contributed by atoms with Crippen LogP contribution in [0.5, 0.6) is 0 Å². The smallest absolute Gasteiger partial charge is 0.405 e. The first kappa shape index (κ1) is 32.8. The van der Waals surface area contributed by atoms with Crippen LogP contribution in [0.3, 0.4) is 0 Å². The van der Waals surface area contributed by atoms with E-state index in [1.54, 1.807) is 12.1 Å². The van der Waals surface area contributed by atoms with E-state index in [1.165, 1.54) is 23.6 Å². The minimum absolute atomic E-state index is 0.0610. The third-order valence-electron chi connectivity index (χ3n) is 7.52. The highest BCUT2D eigenvalue weighted by Crippen LogP contribution is 2.37. The van der Waals surface area contributed by atoms with Gasteiger partial charge in [0.1, 0.15) is 23.7 Å². The Morgan fingerprint density at radius 1 is 1.00 bits per heavy atom. The second-order valence-electron chi connectivity index (χ2n) is 10.5. The number of primary amides is 1. The Morgan fingerprint density at radius 2 is 1.61 bits per heavy atom. The molecule has 2 heterocycles. The summed E-state index contributed by atoms with van der Waals surface area (Å²) in [5, 5.41) is 33.9. The number of amides is 5. The Hall–Kier alpha value is -2.75. The first-order valence-electron chi connectivity index (χ1n) is 13.2. The Labute approximate surface area is 254 Å². The summed E-state index contributed by atoms with van der Waals surface area (Å²) < 4.78 is 1.46. The van der Waals surface area contributed by atoms with Crippen molar-refractivity contribution in [2.75, 3.05) is 13.1 Å². The van der Waals surface area contributed by atoms with Crippen LogP contribution in [-0.4, -0.2) is 104 Å². The van der Waals surface area contributed by atoms with Crippen LogP contribution in [0.4, 0.5) is 4.79 Å². The molecule has 6 atom stereocenters. The second kappa shape index (κ2) is 13.5. The largest absolute Gasteiger partial charge is 0.465 e. The SMILES string of the molecule is C[C@@H](O)[C@H](NC(=O)[C@]1(Cc2cc(Br)cc(Br)c2)CCCN1C(=O)[C@@H]1CCCN1C(=O)[C@@H](NC(=O)O)[C@@H](C)O)C(N)=O. The van der Waals surface area contributed by atoms with Crippen molar-refractivity contribution in [2.24, 2.45) is 5.73 Å². The first-order chi connectivity index (χ1) is 19.2. The van der Waals surface area contributed by atoms with Crippen LogP contribution >= 0.6 is 31.9 Å². The minimum atomic E-state index is -1.50. The molecule has 1 aromatic carbocycles. The first-order valence-corrected chi connectivity index (χ1v) is 14.8. The van der Waals surface area contributed by atoms with Crippen LogP contribution in [0.25, 0.3) is 0 Å². The molecule has 226 valence electrons. The van der Waals surface area contributed by atoms with Gasteiger partial charge in [-0.2, -0.15) is 0 Å². The number of carboxylic acid groups (broad SMARTS) is 1. The summed E-state index contributed by atoms with van der Waals surface area (Å²) in [5.41, 5.74) is 4.65. The molecule has 2 aliphatic heterocycles. The van der Waals surface area contributed by atoms with Gasteiger partial charge < -0.3 is 41.5 Å². The average Bonchev–Trinajstić information content (AvgIpc) is 3.52. The van der Waals surface area contributed by atoms with E-state index in [2.05, 4.69) is 37.2 Å². The summed E-state index contributed by atoms with van der Waals surface area (Å²) in [6.45, 7) is 2.94. The molecule has 0 bridgehead atoms. The summed E-state index contributed by atoms with van der Waals surface area (Å²) in [6.07, 6.45) is -2.67. The number of benzene rings is 1. The molecule has 15 heteroatoms. The van der Waals surface area contributed by atoms with E-state index in [0.717, 1.165) is 8.95 Å². The lowest BCUT2D eigenvalue weighted by atomic mass is 9.86. The summed E-state index contributed by atoms with van der Waals surface area (Å²) >= 11 is 6.88. The molecule has 0 saturated carbocycles. The number of nitrogens with zero attached hydrogens (tertiary/aromatic N) is 2. The number of hydrogen-bond donors (Lipinski definition) is 6. The maximum atomic E-state index is 14.2. The quantitative estimate of drug-likeness (QED) is 0.202. The molecule has 0 spiro atoms. The number of halogens is 2. The van der Waals surface area contributed by atoms with E-state index in [9.17, 15) is 34.2 Å². The maximum Gasteiger partial charge on any atom is 0.405 e. The van der Waals surface area contributed by atoms with Gasteiger partial charge in [-0.3, -0.25) is 19.2 Å². The highest BCUT2D eigenvalue weighted by molar-refractivity contribution is 9.11. The monoisotopic (exact) mass is 703 g/mol. The zero-order valence-corrected chi connectivity index (χ0v) is 25.9. The third kappa shape index (κ3) is 7.37. The molecular weight excluding hydrogens is 670 g/mol. The fourth-order valence-electron chi connectivity index (χ4n) is 5.62. The zero-order chi connectivity index (χ0) is 30.6. The van der Waals surface area contributed by atoms with Crippen molar-refractivity contribution in [1.82, 2.24) is 20.4 Å². The van der Waals surface area contributed by atoms with Crippen molar-refractivity contribution in [3.05, 3.63) is 32.7 Å². The number of nitrogens with one attached hydrogen (secondary N) is 2. The molecule has 41 heavy (non-hydrogen) atoms. The fourth-order valence-corrected chi connectivity index (χ4v) is 7.01. The molecular formula is C26H35Br2N5O8. The van der Waals surface area contributed by atoms with Crippen LogP contribution in [-0.2, 0) is 25.6 Å². The topological polar surface area (TPSA) is 203 Å². The van der Waals surface area contributed by atoms with Crippen LogP contribution < -0.4 is 16.4 Å². The van der Waals surface area contributed by atoms with Crippen LogP contribution in [0, 0.1) is 0 Å². The van der Waals surface area contributed by atoms with Crippen molar-refractivity contribution in [2.45, 2.75) is 81.8 Å². The van der Waals surface area contributed by atoms with Gasteiger partial charge in [-0.05, 0) is 63.3 Å². The normalized spacial score (nSPS) is 23.4. The highest BCUT2D eigenvalue weighted by Gasteiger charge is 2.53. The summed E-state index contributed by atoms with van der Waals surface area (Å²) in [4.78, 5) is 67.4. The van der Waals surface area contributed by atoms with Crippen LogP contribution in [0.1, 0.15) is 45.1 Å². The molecule has 0 radical (unpaired) electrons. The molecule has 0 aromatic heterocycles. The molecule has 7 N–H and O–H groups in total. The fraction of sp³-hybridized carbons (Fsp3) is 0.577. The predicted octanol–water partition coefficient (Wildman–Crippen LogP) is 0.474. The lowest BCUT2D eigenvalue weighted by Crippen LogP contribution is -2.65. The number of carbonyl (C=O) groups is 5.